The molecule has 2 aromatic rings. The number of carboxylic acid groups (broad SMARTS) is 1. The summed E-state index contributed by atoms with van der Waals surface area (Å²) < 4.78 is 0. The largest absolute Gasteiger partial charge is 0.481 e. The Morgan fingerprint density at radius 1 is 1.40 bits per heavy atom. The lowest BCUT2D eigenvalue weighted by Gasteiger charge is -2.17. The van der Waals surface area contributed by atoms with Gasteiger partial charge < -0.3 is 10.4 Å². The first kappa shape index (κ1) is 17.8. The number of carbonyl (C=O) groups excluding carboxylic acids is 1. The highest BCUT2D eigenvalue weighted by molar-refractivity contribution is 7.98. The Bertz CT molecular complexity index is 787. The number of H-pyrrole nitrogens is 1. The molecule has 6 nitrogen and oxygen atoms in total. The van der Waals surface area contributed by atoms with E-state index in [1.807, 2.05) is 30.5 Å². The summed E-state index contributed by atoms with van der Waals surface area (Å²) in [6, 6.07) is 6.78. The molecule has 0 bridgehead atoms. The molecule has 0 saturated heterocycles. The van der Waals surface area contributed by atoms with Gasteiger partial charge in [0.15, 0.2) is 5.69 Å². The summed E-state index contributed by atoms with van der Waals surface area (Å²) >= 11 is 7.85. The van der Waals surface area contributed by atoms with Gasteiger partial charge in [-0.3, -0.25) is 14.7 Å². The van der Waals surface area contributed by atoms with Crippen molar-refractivity contribution in [3.05, 3.63) is 46.2 Å². The van der Waals surface area contributed by atoms with Gasteiger partial charge in [0, 0.05) is 10.8 Å². The molecule has 1 unspecified atom stereocenters. The molecule has 1 saturated carbocycles. The molecule has 1 fully saturated rings. The number of thioether (sulfide) groups is 1. The van der Waals surface area contributed by atoms with Crippen molar-refractivity contribution in [3.8, 4) is 0 Å². The van der Waals surface area contributed by atoms with Gasteiger partial charge in [-0.15, -0.1) is 11.8 Å². The van der Waals surface area contributed by atoms with Crippen LogP contribution in [0.2, 0.25) is 5.02 Å². The van der Waals surface area contributed by atoms with Crippen molar-refractivity contribution in [2.75, 3.05) is 6.26 Å². The minimum Gasteiger partial charge on any atom is -0.481 e. The van der Waals surface area contributed by atoms with Crippen molar-refractivity contribution in [1.29, 1.82) is 0 Å². The van der Waals surface area contributed by atoms with Crippen LogP contribution in [0, 0.1) is 0 Å². The van der Waals surface area contributed by atoms with E-state index in [0.29, 0.717) is 10.9 Å². The summed E-state index contributed by atoms with van der Waals surface area (Å²) in [7, 11) is 0. The standard InChI is InChI=1S/C17H18ClN3O3S/c1-25-11-6-4-9(5-7-11)12(8-13(22)23)19-17(24)16-14(18)15(20-21-16)10-2-3-10/h4-7,10,12H,2-3,8H2,1H3,(H,19,24)(H,20,21)(H,22,23). The third kappa shape index (κ3) is 4.16. The molecular formula is C17H18ClN3O3S. The number of carboxylic acids is 1. The maximum atomic E-state index is 12.5. The monoisotopic (exact) mass is 379 g/mol. The Labute approximate surface area is 154 Å². The Kier molecular flexibility index (Phi) is 5.34. The highest BCUT2D eigenvalue weighted by atomic mass is 35.5. The Hall–Kier alpha value is -1.99. The van der Waals surface area contributed by atoms with Crippen molar-refractivity contribution in [2.45, 2.75) is 36.1 Å². The average molecular weight is 380 g/mol. The summed E-state index contributed by atoms with van der Waals surface area (Å²) in [5, 5.41) is 19.1. The quantitative estimate of drug-likeness (QED) is 0.639. The lowest BCUT2D eigenvalue weighted by Crippen LogP contribution is -2.30. The van der Waals surface area contributed by atoms with E-state index >= 15 is 0 Å². The van der Waals surface area contributed by atoms with Gasteiger partial charge in [-0.25, -0.2) is 0 Å². The lowest BCUT2D eigenvalue weighted by atomic mass is 10.0. The van der Waals surface area contributed by atoms with E-state index in [-0.39, 0.29) is 12.1 Å². The summed E-state index contributed by atoms with van der Waals surface area (Å²) in [6.07, 6.45) is 3.81. The molecular weight excluding hydrogens is 362 g/mol. The SMILES string of the molecule is CSc1ccc(C(CC(=O)O)NC(=O)c2n[nH]c(C3CC3)c2Cl)cc1. The van der Waals surface area contributed by atoms with Crippen molar-refractivity contribution in [3.63, 3.8) is 0 Å². The smallest absolute Gasteiger partial charge is 0.305 e. The number of nitrogens with zero attached hydrogens (tertiary/aromatic N) is 1. The topological polar surface area (TPSA) is 95.1 Å². The third-order valence-electron chi connectivity index (χ3n) is 4.14. The molecule has 3 rings (SSSR count). The minimum atomic E-state index is -0.994. The van der Waals surface area contributed by atoms with Gasteiger partial charge in [-0.1, -0.05) is 23.7 Å². The predicted octanol–water partition coefficient (Wildman–Crippen LogP) is 3.61. The average Bonchev–Trinajstić information content (AvgIpc) is 3.36. The van der Waals surface area contributed by atoms with Crippen LogP contribution >= 0.6 is 23.4 Å². The maximum absolute atomic E-state index is 12.5. The van der Waals surface area contributed by atoms with Gasteiger partial charge in [0.1, 0.15) is 0 Å². The molecule has 1 aliphatic carbocycles. The second-order valence-electron chi connectivity index (χ2n) is 5.97. The van der Waals surface area contributed by atoms with E-state index in [4.69, 9.17) is 16.7 Å². The third-order valence-corrected chi connectivity index (χ3v) is 5.26. The Balaban J connectivity index is 1.79. The van der Waals surface area contributed by atoms with E-state index in [9.17, 15) is 9.59 Å². The Morgan fingerprint density at radius 3 is 2.64 bits per heavy atom. The van der Waals surface area contributed by atoms with Crippen molar-refractivity contribution in [1.82, 2.24) is 15.5 Å². The summed E-state index contributed by atoms with van der Waals surface area (Å²) in [6.45, 7) is 0. The number of amides is 1. The molecule has 25 heavy (non-hydrogen) atoms. The zero-order chi connectivity index (χ0) is 18.0. The van der Waals surface area contributed by atoms with Crippen molar-refractivity contribution in [2.24, 2.45) is 0 Å². The molecule has 1 aliphatic rings. The molecule has 1 aromatic heterocycles. The van der Waals surface area contributed by atoms with E-state index in [1.165, 1.54) is 0 Å². The van der Waals surface area contributed by atoms with E-state index in [1.54, 1.807) is 11.8 Å². The zero-order valence-corrected chi connectivity index (χ0v) is 15.2. The fraction of sp³-hybridized carbons (Fsp3) is 0.353. The lowest BCUT2D eigenvalue weighted by molar-refractivity contribution is -0.137. The van der Waals surface area contributed by atoms with Crippen LogP contribution in [0.5, 0.6) is 0 Å². The number of nitrogens with one attached hydrogen (secondary N) is 2. The second kappa shape index (κ2) is 7.49. The zero-order valence-electron chi connectivity index (χ0n) is 13.6. The van der Waals surface area contributed by atoms with Gasteiger partial charge >= 0.3 is 5.97 Å². The highest BCUT2D eigenvalue weighted by Crippen LogP contribution is 2.42. The van der Waals surface area contributed by atoms with E-state index < -0.39 is 17.9 Å². The molecule has 1 aromatic carbocycles. The Morgan fingerprint density at radius 2 is 2.08 bits per heavy atom. The van der Waals surface area contributed by atoms with Gasteiger partial charge in [0.2, 0.25) is 0 Å². The van der Waals surface area contributed by atoms with Crippen LogP contribution in [0.4, 0.5) is 0 Å². The number of benzene rings is 1. The molecule has 132 valence electrons. The van der Waals surface area contributed by atoms with Gasteiger partial charge in [-0.05, 0) is 36.8 Å². The van der Waals surface area contributed by atoms with Crippen LogP contribution in [0.1, 0.15) is 53.0 Å². The second-order valence-corrected chi connectivity index (χ2v) is 7.23. The van der Waals surface area contributed by atoms with Crippen LogP contribution in [-0.2, 0) is 4.79 Å². The minimum absolute atomic E-state index is 0.111. The number of aromatic amines is 1. The van der Waals surface area contributed by atoms with E-state index in [0.717, 1.165) is 29.0 Å². The molecule has 3 N–H and O–H groups in total. The first-order valence-corrected chi connectivity index (χ1v) is 9.50. The van der Waals surface area contributed by atoms with Crippen LogP contribution in [0.3, 0.4) is 0 Å². The van der Waals surface area contributed by atoms with E-state index in [2.05, 4.69) is 15.5 Å². The molecule has 1 atom stereocenters. The number of halogens is 1. The van der Waals surface area contributed by atoms with Crippen LogP contribution in [-0.4, -0.2) is 33.4 Å². The first-order valence-electron chi connectivity index (χ1n) is 7.90. The summed E-state index contributed by atoms with van der Waals surface area (Å²) in [5.74, 6) is -1.13. The van der Waals surface area contributed by atoms with Crippen LogP contribution in [0.25, 0.3) is 0 Å². The molecule has 0 aliphatic heterocycles. The summed E-state index contributed by atoms with van der Waals surface area (Å²) in [4.78, 5) is 24.8. The molecule has 0 spiro atoms. The number of hydrogen-bond acceptors (Lipinski definition) is 4. The normalized spacial score (nSPS) is 15.0. The highest BCUT2D eigenvalue weighted by Gasteiger charge is 2.31. The van der Waals surface area contributed by atoms with Crippen LogP contribution < -0.4 is 5.32 Å². The predicted molar refractivity (Wildman–Crippen MR) is 96.3 cm³/mol. The number of carbonyl (C=O) groups is 2. The first-order chi connectivity index (χ1) is 12.0. The van der Waals surface area contributed by atoms with Crippen molar-refractivity contribution < 1.29 is 14.7 Å². The van der Waals surface area contributed by atoms with Crippen LogP contribution in [0.15, 0.2) is 29.2 Å². The number of aliphatic carboxylic acids is 1. The molecule has 1 amide bonds. The van der Waals surface area contributed by atoms with Crippen molar-refractivity contribution >= 4 is 35.2 Å². The summed E-state index contributed by atoms with van der Waals surface area (Å²) in [5.41, 5.74) is 1.62. The fourth-order valence-corrected chi connectivity index (χ4v) is 3.36. The molecule has 0 radical (unpaired) electrons. The van der Waals surface area contributed by atoms with Gasteiger partial charge in [-0.2, -0.15) is 5.10 Å². The maximum Gasteiger partial charge on any atom is 0.305 e. The number of hydrogen-bond donors (Lipinski definition) is 3. The van der Waals surface area contributed by atoms with Gasteiger partial charge in [0.25, 0.3) is 5.91 Å². The number of rotatable bonds is 7. The molecule has 1 heterocycles. The fourth-order valence-electron chi connectivity index (χ4n) is 2.62. The molecule has 8 heteroatoms. The van der Waals surface area contributed by atoms with Gasteiger partial charge in [0.05, 0.1) is 23.2 Å². The number of aromatic nitrogens is 2.